The van der Waals surface area contributed by atoms with Gasteiger partial charge in [-0.1, -0.05) is 43.7 Å². The molecule has 0 unspecified atom stereocenters. The van der Waals surface area contributed by atoms with Crippen LogP contribution in [0.15, 0.2) is 47.1 Å². The number of aryl methyl sites for hydroxylation is 1. The molecule has 0 aliphatic heterocycles. The lowest BCUT2D eigenvalue weighted by Gasteiger charge is -2.01. The van der Waals surface area contributed by atoms with Gasteiger partial charge in [-0.15, -0.1) is 0 Å². The molecule has 0 atom stereocenters. The molecule has 0 fully saturated rings. The highest BCUT2D eigenvalue weighted by atomic mass is 16.3. The van der Waals surface area contributed by atoms with Gasteiger partial charge >= 0.3 is 0 Å². The molecule has 0 aliphatic carbocycles. The van der Waals surface area contributed by atoms with Crippen molar-refractivity contribution in [2.75, 3.05) is 0 Å². The Morgan fingerprint density at radius 2 is 1.94 bits per heavy atom. The molecule has 1 heterocycles. The minimum Gasteiger partial charge on any atom is -0.464 e. The largest absolute Gasteiger partial charge is 0.464 e. The van der Waals surface area contributed by atoms with Crippen LogP contribution < -0.4 is 0 Å². The summed E-state index contributed by atoms with van der Waals surface area (Å²) in [5, 5.41) is 3.90. The van der Waals surface area contributed by atoms with E-state index in [0.717, 1.165) is 12.0 Å². The van der Waals surface area contributed by atoms with Crippen LogP contribution in [-0.2, 0) is 6.42 Å². The molecule has 0 N–H and O–H groups in total. The van der Waals surface area contributed by atoms with E-state index in [9.17, 15) is 0 Å². The Morgan fingerprint density at radius 1 is 1.06 bits per heavy atom. The van der Waals surface area contributed by atoms with Gasteiger partial charge in [0.05, 0.1) is 6.26 Å². The van der Waals surface area contributed by atoms with Crippen molar-refractivity contribution < 1.29 is 4.42 Å². The maximum absolute atomic E-state index is 5.65. The highest BCUT2D eigenvalue weighted by Crippen LogP contribution is 2.30. The molecule has 0 radical (unpaired) electrons. The Morgan fingerprint density at radius 3 is 2.82 bits per heavy atom. The minimum absolute atomic E-state index is 1.01. The molecule has 1 heteroatoms. The maximum Gasteiger partial charge on any atom is 0.134 e. The third-order valence-electron chi connectivity index (χ3n) is 3.34. The summed E-state index contributed by atoms with van der Waals surface area (Å²) in [4.78, 5) is 0. The van der Waals surface area contributed by atoms with Crippen LogP contribution in [0.1, 0.15) is 25.3 Å². The normalized spacial score (nSPS) is 11.4. The van der Waals surface area contributed by atoms with E-state index in [4.69, 9.17) is 4.42 Å². The van der Waals surface area contributed by atoms with Crippen LogP contribution in [0.5, 0.6) is 0 Å². The summed E-state index contributed by atoms with van der Waals surface area (Å²) in [5.41, 5.74) is 2.36. The average Bonchev–Trinajstić information content (AvgIpc) is 2.80. The average molecular weight is 224 g/mol. The zero-order chi connectivity index (χ0) is 11.7. The van der Waals surface area contributed by atoms with Gasteiger partial charge in [-0.25, -0.2) is 0 Å². The quantitative estimate of drug-likeness (QED) is 0.615. The van der Waals surface area contributed by atoms with Gasteiger partial charge in [0.25, 0.3) is 0 Å². The fraction of sp³-hybridized carbons (Fsp3) is 0.250. The van der Waals surface area contributed by atoms with E-state index >= 15 is 0 Å². The fourth-order valence-corrected chi connectivity index (χ4v) is 2.43. The molecule has 17 heavy (non-hydrogen) atoms. The minimum atomic E-state index is 1.01. The Bertz CT molecular complexity index is 649. The maximum atomic E-state index is 5.65. The van der Waals surface area contributed by atoms with Crippen molar-refractivity contribution in [3.8, 4) is 0 Å². The second-order valence-corrected chi connectivity index (χ2v) is 4.52. The van der Waals surface area contributed by atoms with Crippen molar-refractivity contribution in [3.05, 3.63) is 48.2 Å². The topological polar surface area (TPSA) is 13.1 Å². The van der Waals surface area contributed by atoms with Crippen molar-refractivity contribution in [2.24, 2.45) is 0 Å². The molecule has 86 valence electrons. The van der Waals surface area contributed by atoms with Gasteiger partial charge in [0.1, 0.15) is 5.58 Å². The molecule has 0 saturated carbocycles. The molecule has 3 rings (SSSR count). The summed E-state index contributed by atoms with van der Waals surface area (Å²) in [7, 11) is 0. The Balaban J connectivity index is 2.27. The molecule has 1 nitrogen and oxygen atoms in total. The number of fused-ring (bicyclic) bond motifs is 3. The van der Waals surface area contributed by atoms with Crippen molar-refractivity contribution >= 4 is 21.7 Å². The van der Waals surface area contributed by atoms with Crippen LogP contribution in [0.2, 0.25) is 0 Å². The van der Waals surface area contributed by atoms with Gasteiger partial charge in [0, 0.05) is 5.39 Å². The highest BCUT2D eigenvalue weighted by molar-refractivity contribution is 6.07. The first-order valence-corrected chi connectivity index (χ1v) is 6.28. The van der Waals surface area contributed by atoms with Gasteiger partial charge < -0.3 is 4.42 Å². The number of hydrogen-bond donors (Lipinski definition) is 0. The lowest BCUT2D eigenvalue weighted by Crippen LogP contribution is -1.83. The zero-order valence-electron chi connectivity index (χ0n) is 10.1. The van der Waals surface area contributed by atoms with Crippen LogP contribution in [-0.4, -0.2) is 0 Å². The smallest absolute Gasteiger partial charge is 0.134 e. The van der Waals surface area contributed by atoms with Crippen molar-refractivity contribution in [1.29, 1.82) is 0 Å². The molecule has 0 saturated heterocycles. The Kier molecular flexibility index (Phi) is 2.60. The monoisotopic (exact) mass is 224 g/mol. The van der Waals surface area contributed by atoms with Crippen LogP contribution in [0.4, 0.5) is 0 Å². The first-order chi connectivity index (χ1) is 8.40. The van der Waals surface area contributed by atoms with Crippen molar-refractivity contribution in [2.45, 2.75) is 26.2 Å². The van der Waals surface area contributed by atoms with Crippen LogP contribution in [0, 0.1) is 0 Å². The number of hydrogen-bond acceptors (Lipinski definition) is 1. The second-order valence-electron chi connectivity index (χ2n) is 4.52. The summed E-state index contributed by atoms with van der Waals surface area (Å²) in [6.07, 6.45) is 5.47. The SMILES string of the molecule is CCCCc1coc2ccc3ccccc3c12. The zero-order valence-corrected chi connectivity index (χ0v) is 10.1. The lowest BCUT2D eigenvalue weighted by atomic mass is 10.0. The summed E-state index contributed by atoms with van der Waals surface area (Å²) in [6, 6.07) is 12.7. The van der Waals surface area contributed by atoms with E-state index in [1.165, 1.54) is 34.6 Å². The Hall–Kier alpha value is -1.76. The lowest BCUT2D eigenvalue weighted by molar-refractivity contribution is 0.608. The van der Waals surface area contributed by atoms with Gasteiger partial charge in [-0.05, 0) is 35.2 Å². The number of benzene rings is 2. The number of furan rings is 1. The van der Waals surface area contributed by atoms with E-state index in [1.54, 1.807) is 0 Å². The molecule has 1 aromatic heterocycles. The first-order valence-electron chi connectivity index (χ1n) is 6.28. The second kappa shape index (κ2) is 4.25. The molecule has 0 spiro atoms. The van der Waals surface area contributed by atoms with E-state index in [1.807, 2.05) is 6.26 Å². The Labute approximate surface area is 101 Å². The molecule has 3 aromatic rings. The highest BCUT2D eigenvalue weighted by Gasteiger charge is 2.08. The van der Waals surface area contributed by atoms with Gasteiger partial charge in [-0.2, -0.15) is 0 Å². The van der Waals surface area contributed by atoms with Crippen molar-refractivity contribution in [1.82, 2.24) is 0 Å². The molecular weight excluding hydrogens is 208 g/mol. The summed E-state index contributed by atoms with van der Waals surface area (Å²) in [5.74, 6) is 0. The van der Waals surface area contributed by atoms with Crippen LogP contribution >= 0.6 is 0 Å². The van der Waals surface area contributed by atoms with Gasteiger partial charge in [0.15, 0.2) is 0 Å². The number of rotatable bonds is 3. The van der Waals surface area contributed by atoms with E-state index in [-0.39, 0.29) is 0 Å². The predicted molar refractivity (Wildman–Crippen MR) is 72.3 cm³/mol. The van der Waals surface area contributed by atoms with E-state index in [2.05, 4.69) is 43.3 Å². The molecule has 0 bridgehead atoms. The molecule has 0 amide bonds. The van der Waals surface area contributed by atoms with Crippen molar-refractivity contribution in [3.63, 3.8) is 0 Å². The molecule has 0 aliphatic rings. The predicted octanol–water partition coefficient (Wildman–Crippen LogP) is 4.93. The van der Waals surface area contributed by atoms with Crippen LogP contribution in [0.3, 0.4) is 0 Å². The summed E-state index contributed by atoms with van der Waals surface area (Å²) in [6.45, 7) is 2.22. The van der Waals surface area contributed by atoms with E-state index < -0.39 is 0 Å². The van der Waals surface area contributed by atoms with E-state index in [0.29, 0.717) is 0 Å². The van der Waals surface area contributed by atoms with Gasteiger partial charge in [-0.3, -0.25) is 0 Å². The van der Waals surface area contributed by atoms with Gasteiger partial charge in [0.2, 0.25) is 0 Å². The summed E-state index contributed by atoms with van der Waals surface area (Å²) >= 11 is 0. The standard InChI is InChI=1S/C16H16O/c1-2-3-6-13-11-17-15-10-9-12-7-4-5-8-14(12)16(13)15/h4-5,7-11H,2-3,6H2,1H3. The number of unbranched alkanes of at least 4 members (excludes halogenated alkanes) is 1. The molecular formula is C16H16O. The molecule has 2 aromatic carbocycles. The van der Waals surface area contributed by atoms with Crippen LogP contribution in [0.25, 0.3) is 21.7 Å². The third kappa shape index (κ3) is 1.72. The fourth-order valence-electron chi connectivity index (χ4n) is 2.43. The first kappa shape index (κ1) is 10.4. The third-order valence-corrected chi connectivity index (χ3v) is 3.34. The summed E-state index contributed by atoms with van der Waals surface area (Å²) < 4.78 is 5.65.